The molecule has 22 heavy (non-hydrogen) atoms. The Kier molecular flexibility index (Phi) is 5.31. The van der Waals surface area contributed by atoms with E-state index in [4.69, 9.17) is 0 Å². The molecule has 2 aliphatic heterocycles. The Labute approximate surface area is 140 Å². The summed E-state index contributed by atoms with van der Waals surface area (Å²) in [6, 6.07) is 4.10. The molecular formula is C16H23BrN4O. The third-order valence-corrected chi connectivity index (χ3v) is 4.97. The molecule has 1 amide bonds. The molecule has 0 bridgehead atoms. The van der Waals surface area contributed by atoms with Gasteiger partial charge in [-0.3, -0.25) is 4.79 Å². The third kappa shape index (κ3) is 3.98. The van der Waals surface area contributed by atoms with Crippen molar-refractivity contribution in [3.8, 4) is 0 Å². The number of carbonyl (C=O) groups is 1. The highest BCUT2D eigenvalue weighted by molar-refractivity contribution is 9.10. The van der Waals surface area contributed by atoms with Crippen LogP contribution in [0.15, 0.2) is 22.8 Å². The summed E-state index contributed by atoms with van der Waals surface area (Å²) in [4.78, 5) is 18.9. The van der Waals surface area contributed by atoms with E-state index < -0.39 is 0 Å². The lowest BCUT2D eigenvalue weighted by atomic mass is 9.98. The molecule has 120 valence electrons. The average molecular weight is 367 g/mol. The van der Waals surface area contributed by atoms with Crippen molar-refractivity contribution in [1.29, 1.82) is 0 Å². The van der Waals surface area contributed by atoms with E-state index in [1.165, 1.54) is 6.42 Å². The molecular weight excluding hydrogens is 344 g/mol. The van der Waals surface area contributed by atoms with Gasteiger partial charge in [-0.25, -0.2) is 4.98 Å². The highest BCUT2D eigenvalue weighted by Crippen LogP contribution is 2.22. The second-order valence-corrected chi connectivity index (χ2v) is 7.10. The molecule has 2 unspecified atom stereocenters. The molecule has 0 saturated carbocycles. The first-order valence-corrected chi connectivity index (χ1v) is 8.89. The van der Waals surface area contributed by atoms with Crippen LogP contribution in [0.3, 0.4) is 0 Å². The first-order chi connectivity index (χ1) is 10.7. The van der Waals surface area contributed by atoms with Crippen molar-refractivity contribution in [3.05, 3.63) is 22.8 Å². The maximum Gasteiger partial charge on any atom is 0.237 e. The predicted molar refractivity (Wildman–Crippen MR) is 90.9 cm³/mol. The van der Waals surface area contributed by atoms with Gasteiger partial charge in [-0.05, 0) is 66.2 Å². The van der Waals surface area contributed by atoms with Crippen molar-refractivity contribution in [3.63, 3.8) is 0 Å². The van der Waals surface area contributed by atoms with Gasteiger partial charge in [0.15, 0.2) is 0 Å². The first-order valence-electron chi connectivity index (χ1n) is 8.10. The maximum absolute atomic E-state index is 12.1. The second-order valence-electron chi connectivity index (χ2n) is 6.18. The van der Waals surface area contributed by atoms with Crippen molar-refractivity contribution in [2.45, 2.75) is 31.7 Å². The van der Waals surface area contributed by atoms with Gasteiger partial charge in [0.1, 0.15) is 5.82 Å². The summed E-state index contributed by atoms with van der Waals surface area (Å²) in [6.07, 6.45) is 6.23. The monoisotopic (exact) mass is 366 g/mol. The summed E-state index contributed by atoms with van der Waals surface area (Å²) in [5.74, 6) is 1.69. The van der Waals surface area contributed by atoms with Crippen molar-refractivity contribution >= 4 is 27.7 Å². The summed E-state index contributed by atoms with van der Waals surface area (Å²) in [7, 11) is 0. The largest absolute Gasteiger partial charge is 0.356 e. The minimum Gasteiger partial charge on any atom is -0.356 e. The minimum absolute atomic E-state index is 0.0211. The molecule has 0 aliphatic carbocycles. The van der Waals surface area contributed by atoms with Crippen LogP contribution in [0.2, 0.25) is 0 Å². The SMILES string of the molecule is O=C(NCC1CCCN(c2ccc(Br)cn2)C1)C1CCCN1. The van der Waals surface area contributed by atoms with Crippen LogP contribution in [0.1, 0.15) is 25.7 Å². The lowest BCUT2D eigenvalue weighted by Gasteiger charge is -2.33. The molecule has 0 spiro atoms. The third-order valence-electron chi connectivity index (χ3n) is 4.50. The Hall–Kier alpha value is -1.14. The van der Waals surface area contributed by atoms with Crippen LogP contribution in [0.4, 0.5) is 5.82 Å². The number of halogens is 1. The molecule has 1 aromatic rings. The molecule has 3 heterocycles. The molecule has 2 atom stereocenters. The van der Waals surface area contributed by atoms with E-state index in [-0.39, 0.29) is 11.9 Å². The molecule has 6 heteroatoms. The normalized spacial score (nSPS) is 25.2. The van der Waals surface area contributed by atoms with Crippen LogP contribution < -0.4 is 15.5 Å². The van der Waals surface area contributed by atoms with E-state index in [0.717, 1.165) is 55.7 Å². The fourth-order valence-corrected chi connectivity index (χ4v) is 3.51. The van der Waals surface area contributed by atoms with Gasteiger partial charge >= 0.3 is 0 Å². The molecule has 2 saturated heterocycles. The molecule has 5 nitrogen and oxygen atoms in total. The average Bonchev–Trinajstić information content (AvgIpc) is 3.08. The van der Waals surface area contributed by atoms with E-state index in [9.17, 15) is 4.79 Å². The van der Waals surface area contributed by atoms with E-state index >= 15 is 0 Å². The van der Waals surface area contributed by atoms with Crippen LogP contribution in [0.5, 0.6) is 0 Å². The summed E-state index contributed by atoms with van der Waals surface area (Å²) in [6.45, 7) is 3.74. The molecule has 2 fully saturated rings. The number of rotatable bonds is 4. The first kappa shape index (κ1) is 15.7. The van der Waals surface area contributed by atoms with Crippen LogP contribution >= 0.6 is 15.9 Å². The number of anilines is 1. The maximum atomic E-state index is 12.1. The van der Waals surface area contributed by atoms with Gasteiger partial charge < -0.3 is 15.5 Å². The highest BCUT2D eigenvalue weighted by atomic mass is 79.9. The van der Waals surface area contributed by atoms with Gasteiger partial charge in [0.25, 0.3) is 0 Å². The van der Waals surface area contributed by atoms with Crippen LogP contribution in [0.25, 0.3) is 0 Å². The van der Waals surface area contributed by atoms with E-state index in [1.807, 2.05) is 18.3 Å². The predicted octanol–water partition coefficient (Wildman–Crippen LogP) is 1.93. The van der Waals surface area contributed by atoms with Crippen molar-refractivity contribution in [2.24, 2.45) is 5.92 Å². The standard InChI is InChI=1S/C16H23BrN4O/c17-13-5-6-15(19-10-13)21-8-2-3-12(11-21)9-20-16(22)14-4-1-7-18-14/h5-6,10,12,14,18H,1-4,7-9,11H2,(H,20,22). The Morgan fingerprint density at radius 3 is 3.05 bits per heavy atom. The number of nitrogens with zero attached hydrogens (tertiary/aromatic N) is 2. The van der Waals surface area contributed by atoms with Gasteiger partial charge in [0.2, 0.25) is 5.91 Å². The molecule has 1 aromatic heterocycles. The summed E-state index contributed by atoms with van der Waals surface area (Å²) in [5, 5.41) is 6.37. The number of carbonyl (C=O) groups excluding carboxylic acids is 1. The summed E-state index contributed by atoms with van der Waals surface area (Å²) < 4.78 is 1.00. The Balaban J connectivity index is 1.50. The fourth-order valence-electron chi connectivity index (χ4n) is 3.27. The molecule has 2 aliphatic rings. The summed E-state index contributed by atoms with van der Waals surface area (Å²) >= 11 is 3.42. The molecule has 3 rings (SSSR count). The number of amides is 1. The highest BCUT2D eigenvalue weighted by Gasteiger charge is 2.25. The minimum atomic E-state index is 0.0211. The molecule has 0 radical (unpaired) electrons. The topological polar surface area (TPSA) is 57.3 Å². The number of piperidine rings is 1. The number of aromatic nitrogens is 1. The quantitative estimate of drug-likeness (QED) is 0.854. The van der Waals surface area contributed by atoms with Crippen LogP contribution in [-0.2, 0) is 4.79 Å². The van der Waals surface area contributed by atoms with Crippen molar-refractivity contribution in [2.75, 3.05) is 31.1 Å². The number of nitrogens with one attached hydrogen (secondary N) is 2. The molecule has 2 N–H and O–H groups in total. The second kappa shape index (κ2) is 7.42. The van der Waals surface area contributed by atoms with E-state index in [1.54, 1.807) is 0 Å². The van der Waals surface area contributed by atoms with Crippen LogP contribution in [-0.4, -0.2) is 43.1 Å². The van der Waals surface area contributed by atoms with Gasteiger partial charge in [0, 0.05) is 30.3 Å². The van der Waals surface area contributed by atoms with Gasteiger partial charge in [-0.15, -0.1) is 0 Å². The van der Waals surface area contributed by atoms with E-state index in [0.29, 0.717) is 5.92 Å². The Morgan fingerprint density at radius 2 is 2.32 bits per heavy atom. The van der Waals surface area contributed by atoms with Gasteiger partial charge in [-0.1, -0.05) is 0 Å². The van der Waals surface area contributed by atoms with Gasteiger partial charge in [-0.2, -0.15) is 0 Å². The molecule has 0 aromatic carbocycles. The zero-order valence-corrected chi connectivity index (χ0v) is 14.3. The number of pyridine rings is 1. The van der Waals surface area contributed by atoms with Crippen LogP contribution in [0, 0.1) is 5.92 Å². The van der Waals surface area contributed by atoms with Crippen molar-refractivity contribution < 1.29 is 4.79 Å². The lowest BCUT2D eigenvalue weighted by Crippen LogP contribution is -2.45. The fraction of sp³-hybridized carbons (Fsp3) is 0.625. The number of hydrogen-bond acceptors (Lipinski definition) is 4. The van der Waals surface area contributed by atoms with Crippen molar-refractivity contribution in [1.82, 2.24) is 15.6 Å². The van der Waals surface area contributed by atoms with E-state index in [2.05, 4.69) is 36.4 Å². The Bertz CT molecular complexity index is 501. The number of hydrogen-bond donors (Lipinski definition) is 2. The Morgan fingerprint density at radius 1 is 1.41 bits per heavy atom. The smallest absolute Gasteiger partial charge is 0.237 e. The van der Waals surface area contributed by atoms with Gasteiger partial charge in [0.05, 0.1) is 6.04 Å². The summed E-state index contributed by atoms with van der Waals surface area (Å²) in [5.41, 5.74) is 0. The zero-order chi connectivity index (χ0) is 15.4. The lowest BCUT2D eigenvalue weighted by molar-refractivity contribution is -0.122. The zero-order valence-electron chi connectivity index (χ0n) is 12.7.